The van der Waals surface area contributed by atoms with Gasteiger partial charge in [0.15, 0.2) is 0 Å². The number of hydrogen-bond acceptors (Lipinski definition) is 4. The number of nitrogens with zero attached hydrogens (tertiary/aromatic N) is 1. The number of rotatable bonds is 6. The zero-order valence-corrected chi connectivity index (χ0v) is 12.7. The topological polar surface area (TPSA) is 83.9 Å². The van der Waals surface area contributed by atoms with Crippen molar-refractivity contribution < 1.29 is 24.2 Å². The van der Waals surface area contributed by atoms with Crippen LogP contribution in [0.5, 0.6) is 0 Å². The van der Waals surface area contributed by atoms with E-state index >= 15 is 0 Å². The van der Waals surface area contributed by atoms with E-state index in [1.54, 1.807) is 0 Å². The molecule has 2 fully saturated rings. The molecular weight excluding hydrogens is 298 g/mol. The van der Waals surface area contributed by atoms with Gasteiger partial charge < -0.3 is 9.84 Å². The number of imide groups is 1. The second-order valence-corrected chi connectivity index (χ2v) is 6.17. The number of benzene rings is 1. The Kier molecular flexibility index (Phi) is 4.32. The van der Waals surface area contributed by atoms with Gasteiger partial charge in [-0.05, 0) is 30.7 Å². The molecule has 2 unspecified atom stereocenters. The molecule has 3 rings (SSSR count). The van der Waals surface area contributed by atoms with E-state index in [9.17, 15) is 14.4 Å². The quantitative estimate of drug-likeness (QED) is 0.868. The van der Waals surface area contributed by atoms with E-state index in [-0.39, 0.29) is 25.0 Å². The zero-order chi connectivity index (χ0) is 16.4. The summed E-state index contributed by atoms with van der Waals surface area (Å²) >= 11 is 0. The fourth-order valence-corrected chi connectivity index (χ4v) is 3.09. The molecule has 6 nitrogen and oxygen atoms in total. The zero-order valence-electron chi connectivity index (χ0n) is 12.7. The molecule has 1 aromatic rings. The third-order valence-corrected chi connectivity index (χ3v) is 4.42. The van der Waals surface area contributed by atoms with Gasteiger partial charge in [0.25, 0.3) is 0 Å². The molecule has 2 amide bonds. The maximum absolute atomic E-state index is 12.7. The Bertz CT molecular complexity index is 611. The summed E-state index contributed by atoms with van der Waals surface area (Å²) in [5.41, 5.74) is 1.01. The molecule has 1 N–H and O–H groups in total. The van der Waals surface area contributed by atoms with Gasteiger partial charge in [-0.1, -0.05) is 30.3 Å². The molecule has 0 radical (unpaired) electrons. The average Bonchev–Trinajstić information content (AvgIpc) is 3.30. The van der Waals surface area contributed by atoms with Crippen molar-refractivity contribution in [1.29, 1.82) is 0 Å². The first-order valence-electron chi connectivity index (χ1n) is 7.82. The van der Waals surface area contributed by atoms with Crippen molar-refractivity contribution in [2.24, 2.45) is 11.8 Å². The minimum Gasteiger partial charge on any atom is -0.481 e. The molecule has 1 saturated carbocycles. The summed E-state index contributed by atoms with van der Waals surface area (Å²) < 4.78 is 5.05. The van der Waals surface area contributed by atoms with E-state index in [0.717, 1.165) is 23.3 Å². The van der Waals surface area contributed by atoms with Crippen LogP contribution in [0.15, 0.2) is 30.3 Å². The van der Waals surface area contributed by atoms with Crippen LogP contribution in [0.1, 0.15) is 24.8 Å². The molecule has 1 aliphatic carbocycles. The van der Waals surface area contributed by atoms with Crippen LogP contribution in [0.3, 0.4) is 0 Å². The number of ether oxygens (including phenoxy) is 1. The number of carbonyl (C=O) groups is 3. The summed E-state index contributed by atoms with van der Waals surface area (Å²) in [6, 6.07) is 9.20. The summed E-state index contributed by atoms with van der Waals surface area (Å²) in [5, 5.41) is 9.03. The molecule has 2 atom stereocenters. The van der Waals surface area contributed by atoms with Gasteiger partial charge in [0.1, 0.15) is 6.61 Å². The van der Waals surface area contributed by atoms with Crippen LogP contribution >= 0.6 is 0 Å². The maximum atomic E-state index is 12.7. The van der Waals surface area contributed by atoms with E-state index in [2.05, 4.69) is 0 Å². The van der Waals surface area contributed by atoms with Crippen LogP contribution in [0.2, 0.25) is 0 Å². The molecule has 1 aliphatic heterocycles. The molecule has 0 spiro atoms. The summed E-state index contributed by atoms with van der Waals surface area (Å²) in [6.07, 6.45) is 1.31. The summed E-state index contributed by atoms with van der Waals surface area (Å²) in [7, 11) is 0. The van der Waals surface area contributed by atoms with Crippen LogP contribution in [0.25, 0.3) is 0 Å². The molecule has 23 heavy (non-hydrogen) atoms. The third kappa shape index (κ3) is 3.52. The summed E-state index contributed by atoms with van der Waals surface area (Å²) in [5.74, 6) is -1.97. The van der Waals surface area contributed by atoms with Crippen LogP contribution < -0.4 is 0 Å². The van der Waals surface area contributed by atoms with E-state index in [1.165, 1.54) is 0 Å². The lowest BCUT2D eigenvalue weighted by Gasteiger charge is -2.24. The highest BCUT2D eigenvalue weighted by Gasteiger charge is 2.46. The van der Waals surface area contributed by atoms with Crippen LogP contribution in [-0.4, -0.2) is 40.6 Å². The van der Waals surface area contributed by atoms with E-state index in [4.69, 9.17) is 9.84 Å². The molecule has 0 bridgehead atoms. The lowest BCUT2D eigenvalue weighted by Crippen LogP contribution is -2.44. The maximum Gasteiger partial charge on any atom is 0.416 e. The second kappa shape index (κ2) is 6.40. The highest BCUT2D eigenvalue weighted by Crippen LogP contribution is 2.40. The monoisotopic (exact) mass is 317 g/mol. The summed E-state index contributed by atoms with van der Waals surface area (Å²) in [6.45, 7) is 0.157. The SMILES string of the molecule is O=C(O)CC(C(=O)N1C(=O)OCC1Cc1ccccc1)C1CC1. The Hall–Kier alpha value is -2.37. The standard InChI is InChI=1S/C17H19NO5/c19-15(20)9-14(12-6-7-12)16(21)18-13(10-23-17(18)22)8-11-4-2-1-3-5-11/h1-5,12-14H,6-10H2,(H,19,20). The van der Waals surface area contributed by atoms with E-state index in [1.807, 2.05) is 30.3 Å². The van der Waals surface area contributed by atoms with Crippen molar-refractivity contribution in [3.05, 3.63) is 35.9 Å². The molecular formula is C17H19NO5. The third-order valence-electron chi connectivity index (χ3n) is 4.42. The normalized spacial score (nSPS) is 21.8. The van der Waals surface area contributed by atoms with Gasteiger partial charge in [0, 0.05) is 0 Å². The molecule has 0 aromatic heterocycles. The van der Waals surface area contributed by atoms with Crippen molar-refractivity contribution in [2.75, 3.05) is 6.61 Å². The first-order chi connectivity index (χ1) is 11.1. The molecule has 1 saturated heterocycles. The Morgan fingerprint density at radius 3 is 2.57 bits per heavy atom. The molecule has 1 aromatic carbocycles. The Labute approximate surface area is 134 Å². The van der Waals surface area contributed by atoms with Crippen LogP contribution in [-0.2, 0) is 20.7 Å². The van der Waals surface area contributed by atoms with Crippen molar-refractivity contribution in [2.45, 2.75) is 31.7 Å². The van der Waals surface area contributed by atoms with Gasteiger partial charge in [-0.2, -0.15) is 0 Å². The molecule has 122 valence electrons. The molecule has 6 heteroatoms. The van der Waals surface area contributed by atoms with Gasteiger partial charge in [-0.3, -0.25) is 9.59 Å². The number of amides is 2. The predicted octanol–water partition coefficient (Wildman–Crippen LogP) is 2.08. The van der Waals surface area contributed by atoms with Crippen molar-refractivity contribution in [1.82, 2.24) is 4.90 Å². The highest BCUT2D eigenvalue weighted by molar-refractivity contribution is 5.96. The Balaban J connectivity index is 1.75. The Morgan fingerprint density at radius 2 is 1.96 bits per heavy atom. The van der Waals surface area contributed by atoms with Gasteiger partial charge in [-0.15, -0.1) is 0 Å². The number of carboxylic acid groups (broad SMARTS) is 1. The van der Waals surface area contributed by atoms with E-state index < -0.39 is 23.9 Å². The van der Waals surface area contributed by atoms with Gasteiger partial charge in [0.05, 0.1) is 18.4 Å². The molecule has 1 heterocycles. The first kappa shape index (κ1) is 15.5. The molecule has 2 aliphatic rings. The predicted molar refractivity (Wildman–Crippen MR) is 80.6 cm³/mol. The van der Waals surface area contributed by atoms with Crippen LogP contribution in [0, 0.1) is 11.8 Å². The number of hydrogen-bond donors (Lipinski definition) is 1. The lowest BCUT2D eigenvalue weighted by molar-refractivity contribution is -0.144. The average molecular weight is 317 g/mol. The van der Waals surface area contributed by atoms with Crippen molar-refractivity contribution >= 4 is 18.0 Å². The second-order valence-electron chi connectivity index (χ2n) is 6.17. The van der Waals surface area contributed by atoms with Gasteiger partial charge in [0.2, 0.25) is 5.91 Å². The van der Waals surface area contributed by atoms with Crippen molar-refractivity contribution in [3.63, 3.8) is 0 Å². The highest BCUT2D eigenvalue weighted by atomic mass is 16.6. The van der Waals surface area contributed by atoms with Crippen LogP contribution in [0.4, 0.5) is 4.79 Å². The fourth-order valence-electron chi connectivity index (χ4n) is 3.09. The summed E-state index contributed by atoms with van der Waals surface area (Å²) in [4.78, 5) is 36.9. The largest absolute Gasteiger partial charge is 0.481 e. The smallest absolute Gasteiger partial charge is 0.416 e. The van der Waals surface area contributed by atoms with Gasteiger partial charge in [-0.25, -0.2) is 9.69 Å². The minimum atomic E-state index is -1.01. The minimum absolute atomic E-state index is 0.0735. The lowest BCUT2D eigenvalue weighted by atomic mass is 9.96. The number of cyclic esters (lactones) is 1. The first-order valence-corrected chi connectivity index (χ1v) is 7.82. The van der Waals surface area contributed by atoms with Gasteiger partial charge >= 0.3 is 12.1 Å². The Morgan fingerprint density at radius 1 is 1.26 bits per heavy atom. The number of carboxylic acids is 1. The fraction of sp³-hybridized carbons (Fsp3) is 0.471. The number of carbonyl (C=O) groups excluding carboxylic acids is 2. The van der Waals surface area contributed by atoms with E-state index in [0.29, 0.717) is 6.42 Å². The number of aliphatic carboxylic acids is 1. The van der Waals surface area contributed by atoms with Crippen molar-refractivity contribution in [3.8, 4) is 0 Å².